The van der Waals surface area contributed by atoms with E-state index in [2.05, 4.69) is 5.32 Å². The van der Waals surface area contributed by atoms with E-state index in [-0.39, 0.29) is 41.4 Å². The molecule has 2 fully saturated rings. The van der Waals surface area contributed by atoms with Gasteiger partial charge in [0.2, 0.25) is 11.8 Å². The van der Waals surface area contributed by atoms with Gasteiger partial charge in [0.15, 0.2) is 6.61 Å². The number of likely N-dealkylation sites (tertiary alicyclic amines) is 1. The molecule has 1 saturated heterocycles. The van der Waals surface area contributed by atoms with Gasteiger partial charge in [-0.1, -0.05) is 51.1 Å². The minimum Gasteiger partial charge on any atom is -0.454 e. The third kappa shape index (κ3) is 3.66. The van der Waals surface area contributed by atoms with E-state index >= 15 is 0 Å². The molecule has 164 valence electrons. The average molecular weight is 424 g/mol. The van der Waals surface area contributed by atoms with Crippen molar-refractivity contribution in [3.63, 3.8) is 0 Å². The van der Waals surface area contributed by atoms with Gasteiger partial charge >= 0.3 is 5.97 Å². The van der Waals surface area contributed by atoms with Gasteiger partial charge in [0.1, 0.15) is 6.04 Å². The lowest BCUT2D eigenvalue weighted by molar-refractivity contribution is -0.162. The molecule has 4 rings (SSSR count). The number of rotatable bonds is 7. The minimum atomic E-state index is -1.03. The number of carbonyl (C=O) groups is 4. The van der Waals surface area contributed by atoms with Crippen molar-refractivity contribution in [2.75, 3.05) is 11.9 Å². The first kappa shape index (κ1) is 21.3. The summed E-state index contributed by atoms with van der Waals surface area (Å²) >= 11 is 0. The summed E-state index contributed by atoms with van der Waals surface area (Å²) in [6.45, 7) is 5.05. The number of amides is 3. The highest BCUT2D eigenvalue weighted by atomic mass is 16.5. The van der Waals surface area contributed by atoms with Crippen molar-refractivity contribution >= 4 is 29.4 Å². The summed E-state index contributed by atoms with van der Waals surface area (Å²) in [5.41, 5.74) is 1.65. The maximum atomic E-state index is 13.1. The van der Waals surface area contributed by atoms with E-state index in [9.17, 15) is 19.2 Å². The second-order valence-corrected chi connectivity index (χ2v) is 8.90. The van der Waals surface area contributed by atoms with Gasteiger partial charge in [-0.15, -0.1) is 0 Å². The summed E-state index contributed by atoms with van der Waals surface area (Å²) < 4.78 is 5.26. The number of hydrogen-bond donors (Lipinski definition) is 1. The van der Waals surface area contributed by atoms with Gasteiger partial charge in [0.25, 0.3) is 5.91 Å². The molecule has 1 saturated carbocycles. The zero-order valence-electron chi connectivity index (χ0n) is 18.0. The van der Waals surface area contributed by atoms with Crippen LogP contribution in [0.2, 0.25) is 0 Å². The van der Waals surface area contributed by atoms with Crippen molar-refractivity contribution in [2.45, 2.75) is 39.7 Å². The van der Waals surface area contributed by atoms with Crippen LogP contribution in [0.25, 0.3) is 0 Å². The Bertz CT molecular complexity index is 923. The predicted molar refractivity (Wildman–Crippen MR) is 114 cm³/mol. The average Bonchev–Trinajstić information content (AvgIpc) is 3.42. The second kappa shape index (κ2) is 8.29. The highest BCUT2D eigenvalue weighted by molar-refractivity contribution is 6.09. The Labute approximate surface area is 181 Å². The molecule has 1 aliphatic heterocycles. The highest BCUT2D eigenvalue weighted by Crippen LogP contribution is 2.53. The Kier molecular flexibility index (Phi) is 5.69. The Hall–Kier alpha value is -2.96. The van der Waals surface area contributed by atoms with Gasteiger partial charge < -0.3 is 10.1 Å². The number of benzene rings is 1. The van der Waals surface area contributed by atoms with Crippen molar-refractivity contribution in [1.29, 1.82) is 0 Å². The molecule has 2 bridgehead atoms. The van der Waals surface area contributed by atoms with Gasteiger partial charge in [-0.05, 0) is 42.2 Å². The lowest BCUT2D eigenvalue weighted by Gasteiger charge is -2.28. The summed E-state index contributed by atoms with van der Waals surface area (Å²) in [5, 5.41) is 2.75. The normalized spacial score (nSPS) is 27.0. The first-order valence-corrected chi connectivity index (χ1v) is 10.9. The summed E-state index contributed by atoms with van der Waals surface area (Å²) in [4.78, 5) is 52.5. The lowest BCUT2D eigenvalue weighted by atomic mass is 9.85. The monoisotopic (exact) mass is 424 g/mol. The molecule has 1 heterocycles. The third-order valence-electron chi connectivity index (χ3n) is 6.67. The number of nitrogens with zero attached hydrogens (tertiary/aromatic N) is 1. The predicted octanol–water partition coefficient (Wildman–Crippen LogP) is 2.56. The van der Waals surface area contributed by atoms with E-state index in [1.54, 1.807) is 19.9 Å². The summed E-state index contributed by atoms with van der Waals surface area (Å²) in [6, 6.07) is 6.39. The van der Waals surface area contributed by atoms with Crippen LogP contribution in [-0.4, -0.2) is 41.2 Å². The molecule has 2 aliphatic carbocycles. The van der Waals surface area contributed by atoms with Gasteiger partial charge in [-0.25, -0.2) is 4.79 Å². The number of aryl methyl sites for hydroxylation is 1. The molecule has 0 radical (unpaired) electrons. The van der Waals surface area contributed by atoms with Crippen molar-refractivity contribution in [3.05, 3.63) is 42.0 Å². The Morgan fingerprint density at radius 1 is 1.10 bits per heavy atom. The van der Waals surface area contributed by atoms with Crippen LogP contribution in [0.4, 0.5) is 5.69 Å². The second-order valence-electron chi connectivity index (χ2n) is 8.90. The SMILES string of the molecule is CCc1ccccc1NC(=O)COC(=O)[C@H](C(C)C)N1C(=O)[C@@H]2[C@H](C1=O)[C@H]1C=C[C@H]2C1. The van der Waals surface area contributed by atoms with E-state index in [4.69, 9.17) is 4.74 Å². The van der Waals surface area contributed by atoms with Gasteiger partial charge in [-0.2, -0.15) is 0 Å². The van der Waals surface area contributed by atoms with E-state index in [1.165, 1.54) is 0 Å². The number of para-hydroxylation sites is 1. The number of ether oxygens (including phenoxy) is 1. The van der Waals surface area contributed by atoms with Crippen LogP contribution in [-0.2, 0) is 30.3 Å². The molecule has 7 heteroatoms. The van der Waals surface area contributed by atoms with Crippen LogP contribution in [0.15, 0.2) is 36.4 Å². The van der Waals surface area contributed by atoms with Gasteiger partial charge in [0, 0.05) is 5.69 Å². The molecule has 1 aromatic carbocycles. The van der Waals surface area contributed by atoms with E-state index in [0.717, 1.165) is 23.3 Å². The molecule has 31 heavy (non-hydrogen) atoms. The molecule has 0 spiro atoms. The summed E-state index contributed by atoms with van der Waals surface area (Å²) in [5.74, 6) is -2.68. The fourth-order valence-corrected chi connectivity index (χ4v) is 5.23. The maximum absolute atomic E-state index is 13.1. The number of hydrogen-bond acceptors (Lipinski definition) is 5. The van der Waals surface area contributed by atoms with Crippen molar-refractivity contribution in [1.82, 2.24) is 4.90 Å². The quantitative estimate of drug-likeness (QED) is 0.413. The Morgan fingerprint density at radius 3 is 2.29 bits per heavy atom. The number of imide groups is 1. The number of esters is 1. The number of anilines is 1. The number of nitrogens with one attached hydrogen (secondary N) is 1. The standard InChI is InChI=1S/C24H28N2O5/c1-4-14-7-5-6-8-17(14)25-18(27)12-31-24(30)21(13(2)3)26-22(28)19-15-9-10-16(11-15)20(19)23(26)29/h5-10,13,15-16,19-21H,4,11-12H2,1-3H3,(H,25,27)/t15-,16-,19-,20+,21-/m0/s1. The molecule has 3 amide bonds. The molecule has 5 atom stereocenters. The van der Waals surface area contributed by atoms with Crippen LogP contribution in [0.5, 0.6) is 0 Å². The first-order chi connectivity index (χ1) is 14.8. The van der Waals surface area contributed by atoms with Crippen LogP contribution in [0, 0.1) is 29.6 Å². The zero-order valence-corrected chi connectivity index (χ0v) is 18.0. The zero-order chi connectivity index (χ0) is 22.3. The molecule has 1 N–H and O–H groups in total. The summed E-state index contributed by atoms with van der Waals surface area (Å²) in [6.07, 6.45) is 5.62. The number of fused-ring (bicyclic) bond motifs is 5. The fraction of sp³-hybridized carbons (Fsp3) is 0.500. The molecular formula is C24H28N2O5. The Balaban J connectivity index is 1.42. The maximum Gasteiger partial charge on any atom is 0.330 e. The van der Waals surface area contributed by atoms with Crippen LogP contribution < -0.4 is 5.32 Å². The topological polar surface area (TPSA) is 92.8 Å². The van der Waals surface area contributed by atoms with Crippen LogP contribution >= 0.6 is 0 Å². The molecular weight excluding hydrogens is 396 g/mol. The first-order valence-electron chi connectivity index (χ1n) is 10.9. The van der Waals surface area contributed by atoms with Crippen LogP contribution in [0.1, 0.15) is 32.8 Å². The fourth-order valence-electron chi connectivity index (χ4n) is 5.23. The van der Waals surface area contributed by atoms with E-state index < -0.39 is 24.5 Å². The molecule has 1 aromatic rings. The smallest absolute Gasteiger partial charge is 0.330 e. The lowest BCUT2D eigenvalue weighted by Crippen LogP contribution is -2.50. The van der Waals surface area contributed by atoms with Crippen molar-refractivity contribution in [2.24, 2.45) is 29.6 Å². The van der Waals surface area contributed by atoms with Crippen molar-refractivity contribution in [3.8, 4) is 0 Å². The van der Waals surface area contributed by atoms with Crippen LogP contribution in [0.3, 0.4) is 0 Å². The van der Waals surface area contributed by atoms with Crippen molar-refractivity contribution < 1.29 is 23.9 Å². The largest absolute Gasteiger partial charge is 0.454 e. The molecule has 0 aromatic heterocycles. The molecule has 7 nitrogen and oxygen atoms in total. The highest BCUT2D eigenvalue weighted by Gasteiger charge is 2.61. The number of carbonyl (C=O) groups excluding carboxylic acids is 4. The minimum absolute atomic E-state index is 0.0738. The van der Waals surface area contributed by atoms with E-state index in [0.29, 0.717) is 5.69 Å². The number of allylic oxidation sites excluding steroid dienone is 2. The van der Waals surface area contributed by atoms with Gasteiger partial charge in [-0.3, -0.25) is 19.3 Å². The van der Waals surface area contributed by atoms with Gasteiger partial charge in [0.05, 0.1) is 11.8 Å². The Morgan fingerprint density at radius 2 is 1.71 bits per heavy atom. The molecule has 3 aliphatic rings. The third-order valence-corrected chi connectivity index (χ3v) is 6.67. The van der Waals surface area contributed by atoms with E-state index in [1.807, 2.05) is 37.3 Å². The molecule has 0 unspecified atom stereocenters. The summed E-state index contributed by atoms with van der Waals surface area (Å²) in [7, 11) is 0.